The molecule has 7 heteroatoms. The third kappa shape index (κ3) is 4.19. The minimum Gasteiger partial charge on any atom is -0.465 e. The van der Waals surface area contributed by atoms with Gasteiger partial charge in [0, 0.05) is 6.20 Å². The van der Waals surface area contributed by atoms with Gasteiger partial charge in [0.25, 0.3) is 0 Å². The molecule has 0 unspecified atom stereocenters. The molecule has 0 amide bonds. The number of esters is 2. The summed E-state index contributed by atoms with van der Waals surface area (Å²) in [6.45, 7) is 0. The number of nitrogens with zero attached hydrogens (tertiary/aromatic N) is 1. The Bertz CT molecular complexity index is 1030. The molecule has 148 valence electrons. The van der Waals surface area contributed by atoms with Crippen LogP contribution in [0.2, 0.25) is 0 Å². The summed E-state index contributed by atoms with van der Waals surface area (Å²) in [5.74, 6) is -1.69. The van der Waals surface area contributed by atoms with Crippen molar-refractivity contribution in [3.63, 3.8) is 0 Å². The van der Waals surface area contributed by atoms with Gasteiger partial charge in [-0.1, -0.05) is 30.3 Å². The van der Waals surface area contributed by atoms with E-state index < -0.39 is 17.8 Å². The molecule has 1 heterocycles. The van der Waals surface area contributed by atoms with E-state index in [0.717, 1.165) is 0 Å². The molecule has 1 aliphatic rings. The molecule has 0 fully saturated rings. The van der Waals surface area contributed by atoms with Crippen molar-refractivity contribution in [2.24, 2.45) is 0 Å². The van der Waals surface area contributed by atoms with Crippen LogP contribution in [0.3, 0.4) is 0 Å². The maximum atomic E-state index is 14.1. The molecule has 0 radical (unpaired) electrons. The zero-order valence-electron chi connectivity index (χ0n) is 15.8. The van der Waals surface area contributed by atoms with Crippen LogP contribution < -0.4 is 9.64 Å². The second-order valence-corrected chi connectivity index (χ2v) is 5.82. The maximum absolute atomic E-state index is 14.1. The molecule has 1 aliphatic heterocycles. The molecule has 0 saturated heterocycles. The van der Waals surface area contributed by atoms with Crippen molar-refractivity contribution in [2.45, 2.75) is 0 Å². The number of allylic oxidation sites excluding steroid dienone is 2. The highest BCUT2D eigenvalue weighted by atomic mass is 19.1. The van der Waals surface area contributed by atoms with Gasteiger partial charge in [-0.2, -0.15) is 0 Å². The van der Waals surface area contributed by atoms with Gasteiger partial charge in [0.1, 0.15) is 5.70 Å². The van der Waals surface area contributed by atoms with Crippen LogP contribution in [0.4, 0.5) is 10.1 Å². The van der Waals surface area contributed by atoms with Gasteiger partial charge in [-0.05, 0) is 36.4 Å². The van der Waals surface area contributed by atoms with Crippen LogP contribution >= 0.6 is 0 Å². The van der Waals surface area contributed by atoms with E-state index in [1.165, 1.54) is 37.3 Å². The summed E-state index contributed by atoms with van der Waals surface area (Å²) in [5, 5.41) is 0. The number of carbonyl (C=O) groups excluding carboxylic acids is 2. The van der Waals surface area contributed by atoms with E-state index in [2.05, 4.69) is 0 Å². The highest BCUT2D eigenvalue weighted by molar-refractivity contribution is 6.05. The second-order valence-electron chi connectivity index (χ2n) is 5.82. The van der Waals surface area contributed by atoms with Gasteiger partial charge < -0.3 is 19.1 Å². The third-order valence-electron chi connectivity index (χ3n) is 4.07. The van der Waals surface area contributed by atoms with Gasteiger partial charge in [-0.25, -0.2) is 14.0 Å². The average molecular weight is 395 g/mol. The van der Waals surface area contributed by atoms with Crippen LogP contribution in [-0.4, -0.2) is 26.2 Å². The van der Waals surface area contributed by atoms with Crippen LogP contribution in [-0.2, 0) is 19.1 Å². The van der Waals surface area contributed by atoms with E-state index in [-0.39, 0.29) is 22.8 Å². The largest absolute Gasteiger partial charge is 0.465 e. The number of hydrogen-bond acceptors (Lipinski definition) is 6. The summed E-state index contributed by atoms with van der Waals surface area (Å²) in [5.41, 5.74) is 0.344. The number of hydrogen-bond donors (Lipinski definition) is 0. The van der Waals surface area contributed by atoms with Crippen LogP contribution in [0.1, 0.15) is 0 Å². The molecule has 2 aromatic carbocycles. The first-order valence-corrected chi connectivity index (χ1v) is 8.63. The Labute approximate surface area is 167 Å². The lowest BCUT2D eigenvalue weighted by molar-refractivity contribution is -0.139. The number of methoxy groups -OCH3 is 2. The van der Waals surface area contributed by atoms with Gasteiger partial charge >= 0.3 is 11.9 Å². The smallest absolute Gasteiger partial charge is 0.355 e. The van der Waals surface area contributed by atoms with Crippen molar-refractivity contribution in [2.75, 3.05) is 19.1 Å². The minimum absolute atomic E-state index is 0.00467. The quantitative estimate of drug-likeness (QED) is 0.710. The molecule has 0 bridgehead atoms. The first kappa shape index (κ1) is 19.9. The van der Waals surface area contributed by atoms with E-state index >= 15 is 0 Å². The Morgan fingerprint density at radius 1 is 0.862 bits per heavy atom. The molecule has 0 aromatic heterocycles. The Morgan fingerprint density at radius 3 is 2.21 bits per heavy atom. The Morgan fingerprint density at radius 2 is 1.52 bits per heavy atom. The molecular formula is C22H18FNO5. The number of carbonyl (C=O) groups is 2. The maximum Gasteiger partial charge on any atom is 0.355 e. The van der Waals surface area contributed by atoms with E-state index in [1.54, 1.807) is 54.8 Å². The monoisotopic (exact) mass is 395 g/mol. The molecule has 6 nitrogen and oxygen atoms in total. The predicted molar refractivity (Wildman–Crippen MR) is 105 cm³/mol. The van der Waals surface area contributed by atoms with Crippen LogP contribution in [0.25, 0.3) is 0 Å². The summed E-state index contributed by atoms with van der Waals surface area (Å²) in [6.07, 6.45) is 6.26. The van der Waals surface area contributed by atoms with Gasteiger partial charge in [0.05, 0.1) is 25.5 Å². The number of halogens is 1. The number of rotatable bonds is 5. The molecule has 0 N–H and O–H groups in total. The highest BCUT2D eigenvalue weighted by Gasteiger charge is 2.29. The average Bonchev–Trinajstić information content (AvgIpc) is 2.97. The first-order valence-electron chi connectivity index (χ1n) is 8.63. The number of ether oxygens (including phenoxy) is 3. The van der Waals surface area contributed by atoms with Gasteiger partial charge in [0.15, 0.2) is 17.3 Å². The molecule has 0 atom stereocenters. The zero-order chi connectivity index (χ0) is 20.8. The van der Waals surface area contributed by atoms with Gasteiger partial charge in [-0.3, -0.25) is 0 Å². The summed E-state index contributed by atoms with van der Waals surface area (Å²) < 4.78 is 29.5. The fraction of sp³-hybridized carbons (Fsp3) is 0.0909. The first-order chi connectivity index (χ1) is 14.1. The molecule has 3 rings (SSSR count). The predicted octanol–water partition coefficient (Wildman–Crippen LogP) is 4.11. The molecule has 2 aromatic rings. The molecule has 29 heavy (non-hydrogen) atoms. The SMILES string of the molecule is COC(=O)C1=C(C(=O)OC)N(c2ccccc2Oc2ccccc2F)C=CC=C1. The van der Waals surface area contributed by atoms with Crippen LogP contribution in [0.5, 0.6) is 11.5 Å². The molecule has 0 aliphatic carbocycles. The zero-order valence-corrected chi connectivity index (χ0v) is 15.8. The third-order valence-corrected chi connectivity index (χ3v) is 4.07. The highest BCUT2D eigenvalue weighted by Crippen LogP contribution is 2.37. The lowest BCUT2D eigenvalue weighted by Crippen LogP contribution is -2.27. The number of benzene rings is 2. The van der Waals surface area contributed by atoms with E-state index in [0.29, 0.717) is 5.69 Å². The molecule has 0 spiro atoms. The topological polar surface area (TPSA) is 65.1 Å². The fourth-order valence-electron chi connectivity index (χ4n) is 2.74. The van der Waals surface area contributed by atoms with Crippen molar-refractivity contribution < 1.29 is 28.2 Å². The summed E-state index contributed by atoms with van der Waals surface area (Å²) in [4.78, 5) is 26.3. The molecule has 0 saturated carbocycles. The van der Waals surface area contributed by atoms with E-state index in [1.807, 2.05) is 0 Å². The standard InChI is InChI=1S/C22H18FNO5/c1-27-21(25)15-9-7-8-14-24(20(15)22(26)28-2)17-11-4-6-13-19(17)29-18-12-5-3-10-16(18)23/h3-14H,1-2H3. The van der Waals surface area contributed by atoms with Crippen molar-refractivity contribution in [3.8, 4) is 11.5 Å². The van der Waals surface area contributed by atoms with Gasteiger partial charge in [0.2, 0.25) is 0 Å². The minimum atomic E-state index is -0.748. The second kappa shape index (κ2) is 8.88. The van der Waals surface area contributed by atoms with Crippen molar-refractivity contribution in [1.29, 1.82) is 0 Å². The number of anilines is 1. The van der Waals surface area contributed by atoms with Crippen molar-refractivity contribution in [3.05, 3.63) is 90.0 Å². The Balaban J connectivity index is 2.14. The lowest BCUT2D eigenvalue weighted by Gasteiger charge is -2.25. The summed E-state index contributed by atoms with van der Waals surface area (Å²) >= 11 is 0. The Kier molecular flexibility index (Phi) is 6.09. The number of para-hydroxylation sites is 3. The fourth-order valence-corrected chi connectivity index (χ4v) is 2.74. The van der Waals surface area contributed by atoms with Crippen LogP contribution in [0, 0.1) is 5.82 Å². The lowest BCUT2D eigenvalue weighted by atomic mass is 10.1. The molecular weight excluding hydrogens is 377 g/mol. The van der Waals surface area contributed by atoms with Crippen molar-refractivity contribution in [1.82, 2.24) is 0 Å². The van der Waals surface area contributed by atoms with Gasteiger partial charge in [-0.15, -0.1) is 0 Å². The van der Waals surface area contributed by atoms with E-state index in [9.17, 15) is 14.0 Å². The Hall–Kier alpha value is -3.87. The summed E-state index contributed by atoms with van der Waals surface area (Å²) in [6, 6.07) is 12.7. The van der Waals surface area contributed by atoms with Crippen LogP contribution in [0.15, 0.2) is 84.2 Å². The van der Waals surface area contributed by atoms with Crippen molar-refractivity contribution >= 4 is 17.6 Å². The van der Waals surface area contributed by atoms with E-state index in [4.69, 9.17) is 14.2 Å². The summed E-state index contributed by atoms with van der Waals surface area (Å²) in [7, 11) is 2.43. The normalized spacial score (nSPS) is 13.1.